The van der Waals surface area contributed by atoms with Gasteiger partial charge < -0.3 is 15.0 Å². The van der Waals surface area contributed by atoms with Crippen molar-refractivity contribution in [2.45, 2.75) is 0 Å². The molecular formula is C11H7IrN4-. The van der Waals surface area contributed by atoms with Crippen LogP contribution in [-0.4, -0.2) is 15.0 Å². The van der Waals surface area contributed by atoms with Crippen molar-refractivity contribution in [1.29, 1.82) is 0 Å². The number of hydrogen-bond acceptors (Lipinski definition) is 3. The Morgan fingerprint density at radius 3 is 2.56 bits per heavy atom. The van der Waals surface area contributed by atoms with E-state index >= 15 is 0 Å². The van der Waals surface area contributed by atoms with Crippen LogP contribution >= 0.6 is 0 Å². The minimum atomic E-state index is 0. The first-order valence-corrected chi connectivity index (χ1v) is 4.60. The summed E-state index contributed by atoms with van der Waals surface area (Å²) < 4.78 is 0. The van der Waals surface area contributed by atoms with E-state index in [1.165, 1.54) is 0 Å². The van der Waals surface area contributed by atoms with Gasteiger partial charge in [-0.25, -0.2) is 0 Å². The molecule has 81 valence electrons. The molecule has 0 bridgehead atoms. The maximum Gasteiger partial charge on any atom is 0.0755 e. The smallest absolute Gasteiger partial charge is 0.0755 e. The molecule has 5 heteroatoms. The third-order valence-corrected chi connectivity index (χ3v) is 2.10. The van der Waals surface area contributed by atoms with Gasteiger partial charge in [-0.3, -0.25) is 4.98 Å². The van der Waals surface area contributed by atoms with E-state index in [4.69, 9.17) is 0 Å². The van der Waals surface area contributed by atoms with Crippen LogP contribution in [0.4, 0.5) is 0 Å². The molecule has 0 unspecified atom stereocenters. The van der Waals surface area contributed by atoms with Gasteiger partial charge in [-0.05, 0) is 18.3 Å². The second-order valence-electron chi connectivity index (χ2n) is 3.11. The molecule has 3 rings (SSSR count). The summed E-state index contributed by atoms with van der Waals surface area (Å²) in [5.41, 5.74) is 2.24. The van der Waals surface area contributed by atoms with Crippen LogP contribution in [-0.2, 0) is 20.1 Å². The molecule has 0 atom stereocenters. The number of hydrogen-bond donors (Lipinski definition) is 0. The van der Waals surface area contributed by atoms with Crippen molar-refractivity contribution in [2.24, 2.45) is 0 Å². The summed E-state index contributed by atoms with van der Waals surface area (Å²) in [7, 11) is 0. The molecule has 0 N–H and O–H groups in total. The van der Waals surface area contributed by atoms with Crippen LogP contribution in [0.5, 0.6) is 0 Å². The molecule has 0 fully saturated rings. The SMILES string of the molecule is [Ir].c1ccc(-c2nc3cccnc3[n-]2)nc1. The van der Waals surface area contributed by atoms with Crippen molar-refractivity contribution in [3.05, 3.63) is 42.7 Å². The predicted molar refractivity (Wildman–Crippen MR) is 56.1 cm³/mol. The average Bonchev–Trinajstić information content (AvgIpc) is 2.74. The number of imidazole rings is 1. The number of fused-ring (bicyclic) bond motifs is 1. The van der Waals surface area contributed by atoms with Crippen molar-refractivity contribution < 1.29 is 20.1 Å². The summed E-state index contributed by atoms with van der Waals surface area (Å²) in [4.78, 5) is 17.0. The van der Waals surface area contributed by atoms with Gasteiger partial charge in [0.15, 0.2) is 0 Å². The fourth-order valence-corrected chi connectivity index (χ4v) is 1.41. The Morgan fingerprint density at radius 1 is 0.938 bits per heavy atom. The summed E-state index contributed by atoms with van der Waals surface area (Å²) in [5, 5.41) is 0. The fraction of sp³-hybridized carbons (Fsp3) is 0. The van der Waals surface area contributed by atoms with E-state index in [0.29, 0.717) is 11.5 Å². The van der Waals surface area contributed by atoms with Gasteiger partial charge in [0.1, 0.15) is 0 Å². The molecule has 0 saturated carbocycles. The predicted octanol–water partition coefficient (Wildman–Crippen LogP) is 1.65. The molecule has 0 aromatic carbocycles. The third kappa shape index (κ3) is 1.87. The monoisotopic (exact) mass is 388 g/mol. The number of rotatable bonds is 1. The average molecular weight is 387 g/mol. The molecule has 3 aromatic heterocycles. The second kappa shape index (κ2) is 4.51. The summed E-state index contributed by atoms with van der Waals surface area (Å²) in [6.45, 7) is 0. The molecular weight excluding hydrogens is 380 g/mol. The van der Waals surface area contributed by atoms with Crippen LogP contribution < -0.4 is 4.98 Å². The van der Waals surface area contributed by atoms with Crippen molar-refractivity contribution in [1.82, 2.24) is 19.9 Å². The summed E-state index contributed by atoms with van der Waals surface area (Å²) in [5.74, 6) is 0.629. The Bertz CT molecular complexity index is 558. The van der Waals surface area contributed by atoms with Crippen LogP contribution in [0.2, 0.25) is 0 Å². The minimum Gasteiger partial charge on any atom is -0.368 e. The zero-order chi connectivity index (χ0) is 10.1. The van der Waals surface area contributed by atoms with Gasteiger partial charge in [-0.15, -0.1) is 0 Å². The van der Waals surface area contributed by atoms with E-state index in [2.05, 4.69) is 19.9 Å². The maximum absolute atomic E-state index is 4.35. The third-order valence-electron chi connectivity index (χ3n) is 2.10. The molecule has 0 saturated heterocycles. The molecule has 1 radical (unpaired) electrons. The topological polar surface area (TPSA) is 52.8 Å². The summed E-state index contributed by atoms with van der Waals surface area (Å²) >= 11 is 0. The molecule has 3 aromatic rings. The van der Waals surface area contributed by atoms with Gasteiger partial charge in [0.05, 0.1) is 5.69 Å². The molecule has 0 aliphatic rings. The van der Waals surface area contributed by atoms with E-state index in [0.717, 1.165) is 11.2 Å². The fourth-order valence-electron chi connectivity index (χ4n) is 1.41. The van der Waals surface area contributed by atoms with Gasteiger partial charge in [-0.2, -0.15) is 0 Å². The Labute approximate surface area is 106 Å². The van der Waals surface area contributed by atoms with E-state index in [1.807, 2.05) is 30.3 Å². The molecule has 0 amide bonds. The summed E-state index contributed by atoms with van der Waals surface area (Å²) in [6.07, 6.45) is 3.43. The first kappa shape index (κ1) is 10.9. The van der Waals surface area contributed by atoms with Crippen LogP contribution in [0.25, 0.3) is 22.7 Å². The second-order valence-corrected chi connectivity index (χ2v) is 3.11. The minimum absolute atomic E-state index is 0. The van der Waals surface area contributed by atoms with E-state index in [1.54, 1.807) is 12.4 Å². The molecule has 3 heterocycles. The van der Waals surface area contributed by atoms with E-state index in [9.17, 15) is 0 Å². The number of nitrogens with zero attached hydrogens (tertiary/aromatic N) is 4. The molecule has 0 spiro atoms. The van der Waals surface area contributed by atoms with Crippen LogP contribution in [0.3, 0.4) is 0 Å². The van der Waals surface area contributed by atoms with Crippen molar-refractivity contribution in [3.63, 3.8) is 0 Å². The normalized spacial score (nSPS) is 10.0. The number of aromatic nitrogens is 4. The van der Waals surface area contributed by atoms with E-state index in [-0.39, 0.29) is 20.1 Å². The van der Waals surface area contributed by atoms with Crippen molar-refractivity contribution in [3.8, 4) is 11.5 Å². The zero-order valence-electron chi connectivity index (χ0n) is 8.16. The number of pyridine rings is 2. The molecule has 4 nitrogen and oxygen atoms in total. The van der Waals surface area contributed by atoms with Crippen molar-refractivity contribution in [2.75, 3.05) is 0 Å². The van der Waals surface area contributed by atoms with Crippen molar-refractivity contribution >= 4 is 11.2 Å². The van der Waals surface area contributed by atoms with Gasteiger partial charge in [0.25, 0.3) is 0 Å². The standard InChI is InChI=1S/C11H7N4.Ir/c1-2-6-12-8(4-1)11-14-9-5-3-7-13-10(9)15-11;/h1-7H;/q-1;. The van der Waals surface area contributed by atoms with Gasteiger partial charge in [0.2, 0.25) is 0 Å². The molecule has 0 aliphatic heterocycles. The van der Waals surface area contributed by atoms with E-state index < -0.39 is 0 Å². The van der Waals surface area contributed by atoms with Gasteiger partial charge in [0, 0.05) is 43.3 Å². The Kier molecular flexibility index (Phi) is 3.08. The van der Waals surface area contributed by atoms with Gasteiger partial charge >= 0.3 is 0 Å². The van der Waals surface area contributed by atoms with Crippen LogP contribution in [0.15, 0.2) is 42.7 Å². The Balaban J connectivity index is 0.000000963. The van der Waals surface area contributed by atoms with Gasteiger partial charge in [-0.1, -0.05) is 18.2 Å². The molecule has 0 aliphatic carbocycles. The largest absolute Gasteiger partial charge is 0.368 e. The first-order chi connectivity index (χ1) is 7.43. The first-order valence-electron chi connectivity index (χ1n) is 4.60. The van der Waals surface area contributed by atoms with Crippen LogP contribution in [0, 0.1) is 0 Å². The Hall–Kier alpha value is -1.58. The maximum atomic E-state index is 4.35. The summed E-state index contributed by atoms with van der Waals surface area (Å²) in [6, 6.07) is 9.40. The quantitative estimate of drug-likeness (QED) is 0.637. The zero-order valence-corrected chi connectivity index (χ0v) is 10.6. The Morgan fingerprint density at radius 2 is 1.81 bits per heavy atom. The van der Waals surface area contributed by atoms with Crippen LogP contribution in [0.1, 0.15) is 0 Å². The molecule has 16 heavy (non-hydrogen) atoms.